The molecule has 0 atom stereocenters. The summed E-state index contributed by atoms with van der Waals surface area (Å²) in [5.74, 6) is 0.719. The van der Waals surface area contributed by atoms with Gasteiger partial charge in [-0.25, -0.2) is 15.0 Å². The molecule has 3 rings (SSSR count). The van der Waals surface area contributed by atoms with Gasteiger partial charge in [0, 0.05) is 11.4 Å². The second-order valence-corrected chi connectivity index (χ2v) is 7.29. The number of nitrogens with one attached hydrogen (secondary N) is 2. The number of unbranched alkanes of at least 4 members (excludes halogenated alkanes) is 1. The average molecular weight is 403 g/mol. The fourth-order valence-electron chi connectivity index (χ4n) is 2.05. The van der Waals surface area contributed by atoms with E-state index in [-0.39, 0.29) is 0 Å². The summed E-state index contributed by atoms with van der Waals surface area (Å²) in [6.45, 7) is 2.98. The van der Waals surface area contributed by atoms with Gasteiger partial charge in [0.15, 0.2) is 22.1 Å². The molecule has 9 heteroatoms. The summed E-state index contributed by atoms with van der Waals surface area (Å²) in [6, 6.07) is 3.34. The van der Waals surface area contributed by atoms with Crippen LogP contribution in [0.3, 0.4) is 0 Å². The summed E-state index contributed by atoms with van der Waals surface area (Å²) < 4.78 is 0. The largest absolute Gasteiger partial charge is 0.368 e. The highest BCUT2D eigenvalue weighted by atomic mass is 35.5. The molecule has 0 saturated carbocycles. The lowest BCUT2D eigenvalue weighted by Gasteiger charge is -2.04. The molecule has 0 radical (unpaired) electrons. The van der Waals surface area contributed by atoms with Crippen molar-refractivity contribution in [1.29, 1.82) is 0 Å². The number of aromatic nitrogens is 4. The molecule has 2 heterocycles. The van der Waals surface area contributed by atoms with Crippen LogP contribution in [0.25, 0.3) is 11.2 Å². The third kappa shape index (κ3) is 3.88. The first-order chi connectivity index (χ1) is 11.6. The summed E-state index contributed by atoms with van der Waals surface area (Å²) in [5.41, 5.74) is 1.37. The number of fused-ring (bicyclic) bond motifs is 1. The molecule has 2 aromatic heterocycles. The molecule has 24 heavy (non-hydrogen) atoms. The molecule has 126 valence electrons. The Balaban J connectivity index is 1.88. The van der Waals surface area contributed by atoms with Crippen molar-refractivity contribution >= 4 is 63.5 Å². The van der Waals surface area contributed by atoms with Crippen molar-refractivity contribution in [2.24, 2.45) is 0 Å². The Bertz CT molecular complexity index is 868. The maximum Gasteiger partial charge on any atom is 0.172 e. The minimum atomic E-state index is 0.420. The minimum Gasteiger partial charge on any atom is -0.368 e. The van der Waals surface area contributed by atoms with Crippen LogP contribution in [0.4, 0.5) is 5.82 Å². The van der Waals surface area contributed by atoms with Crippen molar-refractivity contribution < 1.29 is 0 Å². The van der Waals surface area contributed by atoms with Gasteiger partial charge in [0.05, 0.1) is 15.1 Å². The molecule has 0 aliphatic rings. The van der Waals surface area contributed by atoms with E-state index in [9.17, 15) is 0 Å². The maximum absolute atomic E-state index is 6.22. The fraction of sp³-hybridized carbons (Fsp3) is 0.267. The number of anilines is 1. The lowest BCUT2D eigenvalue weighted by Crippen LogP contribution is -2.03. The average Bonchev–Trinajstić information content (AvgIpc) is 2.96. The quantitative estimate of drug-likeness (QED) is 0.410. The predicted molar refractivity (Wildman–Crippen MR) is 101 cm³/mol. The number of halogens is 3. The molecular formula is C15H14Cl3N5S. The Hall–Kier alpha value is -1.21. The Kier molecular flexibility index (Phi) is 5.71. The van der Waals surface area contributed by atoms with Crippen molar-refractivity contribution in [2.45, 2.75) is 29.8 Å². The van der Waals surface area contributed by atoms with E-state index in [1.807, 2.05) is 0 Å². The zero-order valence-corrected chi connectivity index (χ0v) is 15.8. The highest BCUT2D eigenvalue weighted by Gasteiger charge is 2.13. The van der Waals surface area contributed by atoms with Crippen LogP contribution in [-0.4, -0.2) is 26.5 Å². The first-order valence-corrected chi connectivity index (χ1v) is 9.30. The zero-order chi connectivity index (χ0) is 17.1. The number of benzene rings is 1. The highest BCUT2D eigenvalue weighted by molar-refractivity contribution is 7.99. The van der Waals surface area contributed by atoms with Crippen LogP contribution in [0.1, 0.15) is 19.8 Å². The molecule has 1 aromatic carbocycles. The molecule has 0 aliphatic heterocycles. The van der Waals surface area contributed by atoms with Gasteiger partial charge in [0.2, 0.25) is 0 Å². The van der Waals surface area contributed by atoms with Crippen LogP contribution in [0.5, 0.6) is 0 Å². The fourth-order valence-corrected chi connectivity index (χ4v) is 3.61. The molecule has 0 fully saturated rings. The number of aromatic amines is 1. The van der Waals surface area contributed by atoms with Crippen LogP contribution < -0.4 is 5.32 Å². The first kappa shape index (κ1) is 17.6. The van der Waals surface area contributed by atoms with E-state index in [1.165, 1.54) is 18.1 Å². The zero-order valence-electron chi connectivity index (χ0n) is 12.7. The van der Waals surface area contributed by atoms with E-state index in [0.717, 1.165) is 30.1 Å². The van der Waals surface area contributed by atoms with E-state index in [4.69, 9.17) is 34.8 Å². The summed E-state index contributed by atoms with van der Waals surface area (Å²) in [7, 11) is 0. The van der Waals surface area contributed by atoms with E-state index in [2.05, 4.69) is 32.2 Å². The maximum atomic E-state index is 6.22. The van der Waals surface area contributed by atoms with E-state index < -0.39 is 0 Å². The van der Waals surface area contributed by atoms with Gasteiger partial charge in [-0.05, 0) is 18.6 Å². The third-order valence-electron chi connectivity index (χ3n) is 3.27. The van der Waals surface area contributed by atoms with Crippen molar-refractivity contribution in [3.8, 4) is 0 Å². The molecule has 0 saturated heterocycles. The number of hydrogen-bond acceptors (Lipinski definition) is 5. The molecule has 5 nitrogen and oxygen atoms in total. The van der Waals surface area contributed by atoms with E-state index in [0.29, 0.717) is 31.4 Å². The monoisotopic (exact) mass is 401 g/mol. The second-order valence-electron chi connectivity index (χ2n) is 5.04. The predicted octanol–water partition coefficient (Wildman–Crippen LogP) is 5.68. The first-order valence-electron chi connectivity index (χ1n) is 7.35. The molecular weight excluding hydrogens is 389 g/mol. The Labute approximate surface area is 158 Å². The lowest BCUT2D eigenvalue weighted by molar-refractivity contribution is 0.831. The molecule has 0 unspecified atom stereocenters. The van der Waals surface area contributed by atoms with Crippen LogP contribution in [0.15, 0.2) is 28.5 Å². The number of imidazole rings is 1. The van der Waals surface area contributed by atoms with Crippen molar-refractivity contribution in [1.82, 2.24) is 19.9 Å². The minimum absolute atomic E-state index is 0.420. The van der Waals surface area contributed by atoms with Gasteiger partial charge in [0.25, 0.3) is 0 Å². The van der Waals surface area contributed by atoms with Gasteiger partial charge in [0.1, 0.15) is 6.33 Å². The number of hydrogen-bond donors (Lipinski definition) is 2. The number of rotatable bonds is 6. The number of nitrogens with zero attached hydrogens (tertiary/aromatic N) is 3. The Morgan fingerprint density at radius 2 is 1.92 bits per heavy atom. The van der Waals surface area contributed by atoms with Gasteiger partial charge in [-0.2, -0.15) is 0 Å². The van der Waals surface area contributed by atoms with Crippen molar-refractivity contribution in [3.63, 3.8) is 0 Å². The second kappa shape index (κ2) is 7.78. The van der Waals surface area contributed by atoms with Gasteiger partial charge in [-0.15, -0.1) is 0 Å². The molecule has 2 N–H and O–H groups in total. The lowest BCUT2D eigenvalue weighted by atomic mass is 10.3. The SMILES string of the molecule is CCCCNc1ncnc2[nH]c(Sc3cc(Cl)c(Cl)cc3Cl)nc12. The summed E-state index contributed by atoms with van der Waals surface area (Å²) >= 11 is 19.6. The normalized spacial score (nSPS) is 11.2. The van der Waals surface area contributed by atoms with Gasteiger partial charge in [-0.3, -0.25) is 0 Å². The molecule has 0 spiro atoms. The Morgan fingerprint density at radius 3 is 2.71 bits per heavy atom. The summed E-state index contributed by atoms with van der Waals surface area (Å²) in [6.07, 6.45) is 3.69. The standard InChI is InChI=1S/C15H14Cl3N5S/c1-2-3-4-19-13-12-14(21-7-20-13)23-15(22-12)24-11-6-9(17)8(16)5-10(11)18/h5-7H,2-4H2,1H3,(H2,19,20,21,22,23). The smallest absolute Gasteiger partial charge is 0.172 e. The van der Waals surface area contributed by atoms with Gasteiger partial charge in [-0.1, -0.05) is 59.9 Å². The molecule has 0 amide bonds. The van der Waals surface area contributed by atoms with Crippen LogP contribution in [0, 0.1) is 0 Å². The van der Waals surface area contributed by atoms with E-state index >= 15 is 0 Å². The molecule has 3 aromatic rings. The summed E-state index contributed by atoms with van der Waals surface area (Å²) in [4.78, 5) is 17.0. The highest BCUT2D eigenvalue weighted by Crippen LogP contribution is 2.38. The number of H-pyrrole nitrogens is 1. The van der Waals surface area contributed by atoms with Crippen LogP contribution in [-0.2, 0) is 0 Å². The summed E-state index contributed by atoms with van der Waals surface area (Å²) in [5, 5.41) is 5.32. The third-order valence-corrected chi connectivity index (χ3v) is 5.36. The van der Waals surface area contributed by atoms with Gasteiger partial charge >= 0.3 is 0 Å². The Morgan fingerprint density at radius 1 is 1.12 bits per heavy atom. The van der Waals surface area contributed by atoms with Crippen LogP contribution >= 0.6 is 46.6 Å². The van der Waals surface area contributed by atoms with E-state index in [1.54, 1.807) is 12.1 Å². The van der Waals surface area contributed by atoms with Gasteiger partial charge < -0.3 is 10.3 Å². The topological polar surface area (TPSA) is 66.5 Å². The molecule has 0 bridgehead atoms. The molecule has 0 aliphatic carbocycles. The van der Waals surface area contributed by atoms with Crippen LogP contribution in [0.2, 0.25) is 15.1 Å². The van der Waals surface area contributed by atoms with Crippen molar-refractivity contribution in [3.05, 3.63) is 33.5 Å². The van der Waals surface area contributed by atoms with Crippen molar-refractivity contribution in [2.75, 3.05) is 11.9 Å².